The van der Waals surface area contributed by atoms with Crippen LogP contribution in [0.15, 0.2) is 47.4 Å². The highest BCUT2D eigenvalue weighted by atomic mass is 32.2. The van der Waals surface area contributed by atoms with E-state index in [2.05, 4.69) is 4.72 Å². The third-order valence-corrected chi connectivity index (χ3v) is 4.74. The Bertz CT molecular complexity index is 731. The molecule has 2 aromatic rings. The van der Waals surface area contributed by atoms with Gasteiger partial charge in [0.1, 0.15) is 5.82 Å². The average Bonchev–Trinajstić information content (AvgIpc) is 2.43. The molecular weight excluding hydrogens is 291 g/mol. The molecular formula is C15H17FN2O2S. The number of benzene rings is 2. The maximum Gasteiger partial charge on any atom is 0.241 e. The number of hydrogen-bond acceptors (Lipinski definition) is 3. The van der Waals surface area contributed by atoms with Crippen molar-refractivity contribution in [1.29, 1.82) is 0 Å². The maximum atomic E-state index is 13.6. The molecule has 0 radical (unpaired) electrons. The molecule has 0 saturated heterocycles. The molecule has 0 fully saturated rings. The topological polar surface area (TPSA) is 72.2 Å². The predicted octanol–water partition coefficient (Wildman–Crippen LogP) is 2.24. The number of nitrogens with two attached hydrogens (primary N) is 1. The number of hydrogen-bond donors (Lipinski definition) is 2. The zero-order valence-electron chi connectivity index (χ0n) is 11.6. The summed E-state index contributed by atoms with van der Waals surface area (Å²) in [5, 5.41) is 0. The van der Waals surface area contributed by atoms with E-state index in [1.165, 1.54) is 13.0 Å². The number of nitrogens with one attached hydrogen (secondary N) is 1. The molecule has 0 unspecified atom stereocenters. The van der Waals surface area contributed by atoms with Crippen LogP contribution in [0.4, 0.5) is 10.1 Å². The van der Waals surface area contributed by atoms with E-state index in [4.69, 9.17) is 5.73 Å². The van der Waals surface area contributed by atoms with E-state index >= 15 is 0 Å². The molecule has 2 rings (SSSR count). The van der Waals surface area contributed by atoms with Crippen molar-refractivity contribution >= 4 is 15.7 Å². The Morgan fingerprint density at radius 1 is 1.19 bits per heavy atom. The summed E-state index contributed by atoms with van der Waals surface area (Å²) in [6, 6.07) is 11.9. The normalized spacial score (nSPS) is 11.5. The van der Waals surface area contributed by atoms with Gasteiger partial charge in [-0.1, -0.05) is 30.3 Å². The van der Waals surface area contributed by atoms with E-state index in [0.717, 1.165) is 11.6 Å². The van der Waals surface area contributed by atoms with Crippen LogP contribution in [-0.2, 0) is 16.4 Å². The molecule has 0 aromatic heterocycles. The van der Waals surface area contributed by atoms with E-state index in [0.29, 0.717) is 6.42 Å². The van der Waals surface area contributed by atoms with Crippen LogP contribution in [-0.4, -0.2) is 15.0 Å². The Labute approximate surface area is 123 Å². The zero-order valence-corrected chi connectivity index (χ0v) is 12.5. The number of sulfonamides is 1. The van der Waals surface area contributed by atoms with Crippen molar-refractivity contribution in [2.75, 3.05) is 12.3 Å². The fourth-order valence-electron chi connectivity index (χ4n) is 2.00. The highest BCUT2D eigenvalue weighted by molar-refractivity contribution is 7.89. The van der Waals surface area contributed by atoms with Crippen molar-refractivity contribution in [2.24, 2.45) is 0 Å². The molecule has 0 atom stereocenters. The molecule has 6 heteroatoms. The quantitative estimate of drug-likeness (QED) is 0.832. The van der Waals surface area contributed by atoms with Crippen LogP contribution in [0.2, 0.25) is 0 Å². The molecule has 0 aliphatic heterocycles. The molecule has 2 aromatic carbocycles. The third-order valence-electron chi connectivity index (χ3n) is 3.16. The van der Waals surface area contributed by atoms with Gasteiger partial charge in [-0.3, -0.25) is 0 Å². The van der Waals surface area contributed by atoms with Crippen LogP contribution in [0.3, 0.4) is 0 Å². The van der Waals surface area contributed by atoms with E-state index < -0.39 is 15.8 Å². The van der Waals surface area contributed by atoms with Gasteiger partial charge in [-0.05, 0) is 31.0 Å². The van der Waals surface area contributed by atoms with Crippen molar-refractivity contribution in [3.8, 4) is 0 Å². The number of halogens is 1. The standard InChI is InChI=1S/C15H17FN2O2S/c1-11-14(16)9-13(17)10-15(11)21(19,20)18-8-7-12-5-3-2-4-6-12/h2-6,9-10,18H,7-8,17H2,1H3. The lowest BCUT2D eigenvalue weighted by Crippen LogP contribution is -2.27. The van der Waals surface area contributed by atoms with Gasteiger partial charge in [-0.25, -0.2) is 17.5 Å². The molecule has 0 aliphatic rings. The van der Waals surface area contributed by atoms with E-state index in [-0.39, 0.29) is 22.7 Å². The lowest BCUT2D eigenvalue weighted by atomic mass is 10.2. The highest BCUT2D eigenvalue weighted by Crippen LogP contribution is 2.21. The third kappa shape index (κ3) is 3.80. The SMILES string of the molecule is Cc1c(F)cc(N)cc1S(=O)(=O)NCCc1ccccc1. The lowest BCUT2D eigenvalue weighted by molar-refractivity contribution is 0.575. The first kappa shape index (κ1) is 15.5. The van der Waals surface area contributed by atoms with E-state index in [9.17, 15) is 12.8 Å². The number of anilines is 1. The molecule has 112 valence electrons. The van der Waals surface area contributed by atoms with Crippen LogP contribution >= 0.6 is 0 Å². The summed E-state index contributed by atoms with van der Waals surface area (Å²) >= 11 is 0. The first-order valence-corrected chi connectivity index (χ1v) is 7.97. The van der Waals surface area contributed by atoms with Gasteiger partial charge in [0.25, 0.3) is 0 Å². The Hall–Kier alpha value is -1.92. The number of nitrogen functional groups attached to an aromatic ring is 1. The predicted molar refractivity (Wildman–Crippen MR) is 80.9 cm³/mol. The minimum absolute atomic E-state index is 0.0661. The van der Waals surface area contributed by atoms with Crippen molar-refractivity contribution in [3.63, 3.8) is 0 Å². The minimum Gasteiger partial charge on any atom is -0.399 e. The van der Waals surface area contributed by atoms with Gasteiger partial charge in [0.05, 0.1) is 4.90 Å². The van der Waals surface area contributed by atoms with Crippen LogP contribution in [0.5, 0.6) is 0 Å². The summed E-state index contributed by atoms with van der Waals surface area (Å²) in [6.45, 7) is 1.66. The Morgan fingerprint density at radius 3 is 2.52 bits per heavy atom. The first-order chi connectivity index (χ1) is 9.90. The molecule has 21 heavy (non-hydrogen) atoms. The van der Waals surface area contributed by atoms with Crippen LogP contribution in [0.25, 0.3) is 0 Å². The lowest BCUT2D eigenvalue weighted by Gasteiger charge is -2.11. The molecule has 0 saturated carbocycles. The zero-order chi connectivity index (χ0) is 15.5. The van der Waals surface area contributed by atoms with Gasteiger partial charge in [0, 0.05) is 17.8 Å². The van der Waals surface area contributed by atoms with Gasteiger partial charge < -0.3 is 5.73 Å². The monoisotopic (exact) mass is 308 g/mol. The smallest absolute Gasteiger partial charge is 0.241 e. The van der Waals surface area contributed by atoms with E-state index in [1.54, 1.807) is 0 Å². The Balaban J connectivity index is 2.12. The fourth-order valence-corrected chi connectivity index (χ4v) is 3.32. The Morgan fingerprint density at radius 2 is 1.86 bits per heavy atom. The molecule has 0 aliphatic carbocycles. The number of rotatable bonds is 5. The van der Waals surface area contributed by atoms with Gasteiger partial charge in [-0.2, -0.15) is 0 Å². The summed E-state index contributed by atoms with van der Waals surface area (Å²) in [5.41, 5.74) is 6.69. The minimum atomic E-state index is -3.78. The second kappa shape index (κ2) is 6.24. The average molecular weight is 308 g/mol. The molecule has 3 N–H and O–H groups in total. The van der Waals surface area contributed by atoms with E-state index in [1.807, 2.05) is 30.3 Å². The van der Waals surface area contributed by atoms with Crippen LogP contribution in [0.1, 0.15) is 11.1 Å². The van der Waals surface area contributed by atoms with Crippen molar-refractivity contribution < 1.29 is 12.8 Å². The van der Waals surface area contributed by atoms with Crippen molar-refractivity contribution in [2.45, 2.75) is 18.2 Å². The van der Waals surface area contributed by atoms with Crippen molar-refractivity contribution in [3.05, 3.63) is 59.4 Å². The summed E-state index contributed by atoms with van der Waals surface area (Å²) in [4.78, 5) is -0.118. The summed E-state index contributed by atoms with van der Waals surface area (Å²) in [7, 11) is -3.78. The van der Waals surface area contributed by atoms with Gasteiger partial charge in [0.15, 0.2) is 0 Å². The fraction of sp³-hybridized carbons (Fsp3) is 0.200. The maximum absolute atomic E-state index is 13.6. The summed E-state index contributed by atoms with van der Waals surface area (Å²) in [6.07, 6.45) is 0.559. The first-order valence-electron chi connectivity index (χ1n) is 6.49. The van der Waals surface area contributed by atoms with Crippen LogP contribution in [0, 0.1) is 12.7 Å². The van der Waals surface area contributed by atoms with Gasteiger partial charge in [0.2, 0.25) is 10.0 Å². The van der Waals surface area contributed by atoms with Crippen molar-refractivity contribution in [1.82, 2.24) is 4.72 Å². The van der Waals surface area contributed by atoms with Crippen LogP contribution < -0.4 is 10.5 Å². The molecule has 0 spiro atoms. The Kier molecular flexibility index (Phi) is 4.59. The molecule has 0 heterocycles. The van der Waals surface area contributed by atoms with Gasteiger partial charge >= 0.3 is 0 Å². The molecule has 0 bridgehead atoms. The largest absolute Gasteiger partial charge is 0.399 e. The molecule has 0 amide bonds. The van der Waals surface area contributed by atoms with Gasteiger partial charge in [-0.15, -0.1) is 0 Å². The highest BCUT2D eigenvalue weighted by Gasteiger charge is 2.19. The summed E-state index contributed by atoms with van der Waals surface area (Å²) in [5.74, 6) is -0.626. The second-order valence-electron chi connectivity index (χ2n) is 4.76. The summed E-state index contributed by atoms with van der Waals surface area (Å²) < 4.78 is 40.5. The second-order valence-corrected chi connectivity index (χ2v) is 6.49. The molecule has 4 nitrogen and oxygen atoms in total.